The first-order chi connectivity index (χ1) is 20.9. The number of guanidine groups is 1. The zero-order valence-electron chi connectivity index (χ0n) is 23.3. The van der Waals surface area contributed by atoms with Crippen LogP contribution in [-0.4, -0.2) is 61.8 Å². The summed E-state index contributed by atoms with van der Waals surface area (Å²) in [5, 5.41) is 50.9. The number of benzene rings is 2. The van der Waals surface area contributed by atoms with Gasteiger partial charge in [-0.2, -0.15) is 15.2 Å². The second-order valence-corrected chi connectivity index (χ2v) is 8.92. The van der Waals surface area contributed by atoms with Crippen molar-refractivity contribution in [2.75, 3.05) is 11.9 Å². The minimum Gasteiger partial charge on any atom is -0.478 e. The van der Waals surface area contributed by atoms with Gasteiger partial charge in [-0.25, -0.2) is 9.59 Å². The van der Waals surface area contributed by atoms with E-state index in [0.29, 0.717) is 12.1 Å². The maximum atomic E-state index is 12.8. The van der Waals surface area contributed by atoms with E-state index in [4.69, 9.17) is 30.1 Å². The molecule has 0 saturated carbocycles. The number of aliphatic carboxylic acids is 1. The first kappa shape index (κ1) is 32.5. The van der Waals surface area contributed by atoms with Crippen LogP contribution in [0.4, 0.5) is 11.4 Å². The Hall–Kier alpha value is -6.02. The monoisotopic (exact) mass is 609 g/mol. The lowest BCUT2D eigenvalue weighted by molar-refractivity contribution is -0.387. The molecule has 3 aromatic rings. The molecule has 2 aromatic carbocycles. The molecular formula is C27H27N7O10. The topological polar surface area (TPSA) is 266 Å². The summed E-state index contributed by atoms with van der Waals surface area (Å²) in [6, 6.07) is 10.8. The number of esters is 1. The predicted molar refractivity (Wildman–Crippen MR) is 151 cm³/mol. The van der Waals surface area contributed by atoms with Gasteiger partial charge in [0.2, 0.25) is 6.10 Å². The van der Waals surface area contributed by atoms with Crippen molar-refractivity contribution >= 4 is 29.3 Å². The molecule has 1 aromatic heterocycles. The van der Waals surface area contributed by atoms with E-state index < -0.39 is 52.5 Å². The van der Waals surface area contributed by atoms with Crippen LogP contribution in [0, 0.1) is 26.9 Å². The third-order valence-electron chi connectivity index (χ3n) is 5.49. The van der Waals surface area contributed by atoms with E-state index in [1.165, 1.54) is 30.3 Å². The highest BCUT2D eigenvalue weighted by atomic mass is 16.6. The van der Waals surface area contributed by atoms with Crippen LogP contribution in [0.3, 0.4) is 0 Å². The van der Waals surface area contributed by atoms with Crippen molar-refractivity contribution in [1.82, 2.24) is 9.97 Å². The molecule has 1 heterocycles. The summed E-state index contributed by atoms with van der Waals surface area (Å²) in [5.74, 6) is -4.95. The smallest absolute Gasteiger partial charge is 0.392 e. The second-order valence-electron chi connectivity index (χ2n) is 8.92. The number of carboxylic acids is 1. The van der Waals surface area contributed by atoms with Gasteiger partial charge in [0, 0.05) is 11.8 Å². The Morgan fingerprint density at radius 2 is 1.93 bits per heavy atom. The molecule has 3 rings (SSSR count). The predicted octanol–water partition coefficient (Wildman–Crippen LogP) is 3.32. The molecule has 17 heteroatoms. The van der Waals surface area contributed by atoms with Crippen molar-refractivity contribution < 1.29 is 43.7 Å². The molecule has 0 radical (unpaired) electrons. The van der Waals surface area contributed by atoms with E-state index in [2.05, 4.69) is 15.3 Å². The zero-order chi connectivity index (χ0) is 32.4. The maximum absolute atomic E-state index is 12.8. The van der Waals surface area contributed by atoms with Gasteiger partial charge >= 0.3 is 35.4 Å². The molecule has 17 nitrogen and oxygen atoms in total. The number of aromatic nitrogens is 2. The fourth-order valence-corrected chi connectivity index (χ4v) is 3.46. The highest BCUT2D eigenvalue weighted by Crippen LogP contribution is 2.40. The largest absolute Gasteiger partial charge is 0.478 e. The molecular weight excluding hydrogens is 582 g/mol. The second kappa shape index (κ2) is 14.7. The van der Waals surface area contributed by atoms with E-state index in [0.717, 1.165) is 19.4 Å². The number of nitro groups is 1. The summed E-state index contributed by atoms with van der Waals surface area (Å²) in [7, 11) is 0. The molecule has 44 heavy (non-hydrogen) atoms. The minimum absolute atomic E-state index is 0.0471. The Kier molecular flexibility index (Phi) is 10.9. The number of carbonyl (C=O) groups is 2. The normalized spacial score (nSPS) is 11.8. The van der Waals surface area contributed by atoms with Gasteiger partial charge in [-0.15, -0.1) is 0 Å². The first-order valence-corrected chi connectivity index (χ1v) is 12.9. The van der Waals surface area contributed by atoms with Crippen LogP contribution in [-0.2, 0) is 9.53 Å². The van der Waals surface area contributed by atoms with Crippen LogP contribution >= 0.6 is 0 Å². The number of nitriles is 1. The molecule has 230 valence electrons. The standard InChI is InChI=1S/C27H27N7O10/c1-3-4-10-41-25(38)18-11-15(13-28)8-9-19(18)43-22-20(34(39)40)23(44-21(14(2)35)24(36)37)33-27(32-22)42-17-7-5-6-16(12-17)31-26(29)30/h5-9,11-12,14,21,35H,3-4,10H2,1-2H3,(H,36,37)(H4,29,30,31). The number of unbranched alkanes of at least 4 members (excludes halogenated alkanes) is 1. The van der Waals surface area contributed by atoms with E-state index in [1.54, 1.807) is 6.07 Å². The number of aliphatic hydroxyl groups excluding tert-OH is 1. The third kappa shape index (κ3) is 8.50. The van der Waals surface area contributed by atoms with Crippen molar-refractivity contribution in [3.8, 4) is 35.3 Å². The number of rotatable bonds is 14. The quantitative estimate of drug-likeness (QED) is 0.0438. The van der Waals surface area contributed by atoms with Crippen LogP contribution in [0.5, 0.6) is 29.3 Å². The lowest BCUT2D eigenvalue weighted by Gasteiger charge is -2.18. The number of nitrogens with zero attached hydrogens (tertiary/aromatic N) is 4. The minimum atomic E-state index is -2.01. The van der Waals surface area contributed by atoms with Crippen molar-refractivity contribution in [2.24, 2.45) is 5.73 Å². The summed E-state index contributed by atoms with van der Waals surface area (Å²) in [6.07, 6.45) is -2.37. The molecule has 0 spiro atoms. The Bertz CT molecular complexity index is 1610. The van der Waals surface area contributed by atoms with Gasteiger partial charge in [-0.05, 0) is 43.7 Å². The number of aliphatic hydroxyl groups is 1. The highest BCUT2D eigenvalue weighted by Gasteiger charge is 2.35. The molecule has 0 aliphatic carbocycles. The van der Waals surface area contributed by atoms with E-state index in [1.807, 2.05) is 13.0 Å². The number of ether oxygens (including phenoxy) is 4. The van der Waals surface area contributed by atoms with E-state index >= 15 is 0 Å². The van der Waals surface area contributed by atoms with Crippen LogP contribution in [0.25, 0.3) is 0 Å². The van der Waals surface area contributed by atoms with Crippen molar-refractivity contribution in [1.29, 1.82) is 10.7 Å². The lowest BCUT2D eigenvalue weighted by atomic mass is 10.1. The number of hydrogen-bond acceptors (Lipinski definition) is 13. The first-order valence-electron chi connectivity index (χ1n) is 12.9. The van der Waals surface area contributed by atoms with Crippen LogP contribution in [0.2, 0.25) is 0 Å². The average Bonchev–Trinajstić information content (AvgIpc) is 2.95. The third-order valence-corrected chi connectivity index (χ3v) is 5.49. The Morgan fingerprint density at radius 1 is 1.20 bits per heavy atom. The Balaban J connectivity index is 2.17. The molecule has 0 fully saturated rings. The van der Waals surface area contributed by atoms with Crippen molar-refractivity contribution in [3.05, 3.63) is 63.7 Å². The van der Waals surface area contributed by atoms with Gasteiger partial charge in [0.15, 0.2) is 5.96 Å². The van der Waals surface area contributed by atoms with Gasteiger partial charge in [0.25, 0.3) is 0 Å². The summed E-state index contributed by atoms with van der Waals surface area (Å²) < 4.78 is 21.8. The van der Waals surface area contributed by atoms with Gasteiger partial charge < -0.3 is 40.2 Å². The SMILES string of the molecule is CCCCOC(=O)c1cc(C#N)ccc1Oc1nc(Oc2cccc(NC(=N)N)c2)nc(OC(C(=O)O)C(C)O)c1[N+](=O)[O-]. The molecule has 0 amide bonds. The lowest BCUT2D eigenvalue weighted by Crippen LogP contribution is -2.37. The van der Waals surface area contributed by atoms with Crippen molar-refractivity contribution in [2.45, 2.75) is 38.9 Å². The number of nitrogens with two attached hydrogens (primary N) is 1. The number of carbonyl (C=O) groups excluding carboxylic acids is 1. The van der Waals surface area contributed by atoms with E-state index in [9.17, 15) is 35.2 Å². The maximum Gasteiger partial charge on any atom is 0.392 e. The molecule has 2 atom stereocenters. The summed E-state index contributed by atoms with van der Waals surface area (Å²) in [4.78, 5) is 43.6. The van der Waals surface area contributed by atoms with Gasteiger partial charge in [-0.3, -0.25) is 15.5 Å². The fraction of sp³-hybridized carbons (Fsp3) is 0.259. The Labute approximate surface area is 249 Å². The molecule has 2 unspecified atom stereocenters. The van der Waals surface area contributed by atoms with Gasteiger partial charge in [-0.1, -0.05) is 19.4 Å². The molecule has 0 saturated heterocycles. The van der Waals surface area contributed by atoms with Gasteiger partial charge in [0.1, 0.15) is 17.1 Å². The summed E-state index contributed by atoms with van der Waals surface area (Å²) in [5.41, 5.74) is 4.42. The van der Waals surface area contributed by atoms with Crippen LogP contribution in [0.15, 0.2) is 42.5 Å². The van der Waals surface area contributed by atoms with Gasteiger partial charge in [0.05, 0.1) is 29.3 Å². The average molecular weight is 610 g/mol. The molecule has 0 bridgehead atoms. The summed E-state index contributed by atoms with van der Waals surface area (Å²) in [6.45, 7) is 3.03. The molecule has 0 aliphatic heterocycles. The van der Waals surface area contributed by atoms with E-state index in [-0.39, 0.29) is 35.2 Å². The van der Waals surface area contributed by atoms with Crippen LogP contribution < -0.4 is 25.3 Å². The molecule has 0 aliphatic rings. The van der Waals surface area contributed by atoms with Crippen LogP contribution in [0.1, 0.15) is 42.6 Å². The zero-order valence-corrected chi connectivity index (χ0v) is 23.3. The summed E-state index contributed by atoms with van der Waals surface area (Å²) >= 11 is 0. The number of hydrogen-bond donors (Lipinski definition) is 5. The van der Waals surface area contributed by atoms with Crippen molar-refractivity contribution in [3.63, 3.8) is 0 Å². The highest BCUT2D eigenvalue weighted by molar-refractivity contribution is 5.93. The molecule has 6 N–H and O–H groups in total. The number of nitrogens with one attached hydrogen (secondary N) is 2. The number of carboxylic acid groups (broad SMARTS) is 1. The fourth-order valence-electron chi connectivity index (χ4n) is 3.46. The number of anilines is 1. The Morgan fingerprint density at radius 3 is 2.55 bits per heavy atom.